The van der Waals surface area contributed by atoms with E-state index in [0.29, 0.717) is 11.4 Å². The maximum atomic E-state index is 11.4. The van der Waals surface area contributed by atoms with Crippen LogP contribution in [0.1, 0.15) is 12.5 Å². The molecule has 0 saturated carbocycles. The molecule has 0 aromatic carbocycles. The van der Waals surface area contributed by atoms with Crippen molar-refractivity contribution in [1.82, 2.24) is 4.98 Å². The molecule has 0 saturated heterocycles. The number of hydrogen-bond donors (Lipinski definition) is 3. The number of pyridine rings is 1. The van der Waals surface area contributed by atoms with Crippen LogP contribution in [0.25, 0.3) is 6.08 Å². The minimum Gasteiger partial charge on any atom is -0.387 e. The number of nitrogens with two attached hydrogens (primary N) is 1. The SMILES string of the molecule is C/C=C\c1c(NC)cc(N)[nH]c1=O. The first-order chi connectivity index (χ1) is 6.19. The fourth-order valence-corrected chi connectivity index (χ4v) is 1.13. The molecule has 0 aliphatic rings. The van der Waals surface area contributed by atoms with Crippen LogP contribution < -0.4 is 16.6 Å². The molecule has 70 valence electrons. The van der Waals surface area contributed by atoms with Crippen LogP contribution in [0.3, 0.4) is 0 Å². The summed E-state index contributed by atoms with van der Waals surface area (Å²) in [6.07, 6.45) is 3.55. The monoisotopic (exact) mass is 179 g/mol. The van der Waals surface area contributed by atoms with Crippen molar-refractivity contribution in [1.29, 1.82) is 0 Å². The molecular weight excluding hydrogens is 166 g/mol. The van der Waals surface area contributed by atoms with Gasteiger partial charge in [-0.3, -0.25) is 4.79 Å². The van der Waals surface area contributed by atoms with Gasteiger partial charge in [0, 0.05) is 13.1 Å². The minimum absolute atomic E-state index is 0.178. The third-order valence-corrected chi connectivity index (χ3v) is 1.70. The van der Waals surface area contributed by atoms with Crippen molar-refractivity contribution in [3.05, 3.63) is 28.1 Å². The van der Waals surface area contributed by atoms with Crippen molar-refractivity contribution in [2.45, 2.75) is 6.92 Å². The Hall–Kier alpha value is -1.71. The Morgan fingerprint density at radius 1 is 1.62 bits per heavy atom. The van der Waals surface area contributed by atoms with Crippen molar-refractivity contribution in [3.63, 3.8) is 0 Å². The third kappa shape index (κ3) is 1.90. The fraction of sp³-hybridized carbons (Fsp3) is 0.222. The van der Waals surface area contributed by atoms with E-state index in [1.807, 2.05) is 13.0 Å². The highest BCUT2D eigenvalue weighted by Gasteiger charge is 2.02. The summed E-state index contributed by atoms with van der Waals surface area (Å²) in [4.78, 5) is 13.9. The predicted molar refractivity (Wildman–Crippen MR) is 55.7 cm³/mol. The second-order valence-corrected chi connectivity index (χ2v) is 2.63. The molecule has 13 heavy (non-hydrogen) atoms. The zero-order valence-corrected chi connectivity index (χ0v) is 7.72. The largest absolute Gasteiger partial charge is 0.387 e. The summed E-state index contributed by atoms with van der Waals surface area (Å²) in [7, 11) is 1.75. The van der Waals surface area contributed by atoms with Crippen LogP contribution in [0.2, 0.25) is 0 Å². The average molecular weight is 179 g/mol. The van der Waals surface area contributed by atoms with E-state index in [0.717, 1.165) is 5.69 Å². The second-order valence-electron chi connectivity index (χ2n) is 2.63. The summed E-state index contributed by atoms with van der Waals surface area (Å²) in [5.41, 5.74) is 6.63. The van der Waals surface area contributed by atoms with Gasteiger partial charge in [-0.2, -0.15) is 0 Å². The number of anilines is 2. The summed E-state index contributed by atoms with van der Waals surface area (Å²) >= 11 is 0. The first-order valence-corrected chi connectivity index (χ1v) is 4.02. The van der Waals surface area contributed by atoms with Gasteiger partial charge in [-0.1, -0.05) is 12.2 Å². The van der Waals surface area contributed by atoms with Crippen LogP contribution in [0, 0.1) is 0 Å². The van der Waals surface area contributed by atoms with Gasteiger partial charge in [0.2, 0.25) is 0 Å². The van der Waals surface area contributed by atoms with Crippen molar-refractivity contribution in [2.75, 3.05) is 18.1 Å². The van der Waals surface area contributed by atoms with Gasteiger partial charge >= 0.3 is 0 Å². The van der Waals surface area contributed by atoms with Gasteiger partial charge in [-0.15, -0.1) is 0 Å². The summed E-state index contributed by atoms with van der Waals surface area (Å²) in [6.45, 7) is 1.86. The van der Waals surface area contributed by atoms with Crippen LogP contribution >= 0.6 is 0 Å². The van der Waals surface area contributed by atoms with Gasteiger partial charge < -0.3 is 16.0 Å². The van der Waals surface area contributed by atoms with Crippen molar-refractivity contribution in [2.24, 2.45) is 0 Å². The summed E-state index contributed by atoms with van der Waals surface area (Å²) < 4.78 is 0. The van der Waals surface area contributed by atoms with E-state index in [9.17, 15) is 4.79 Å². The molecule has 1 rings (SSSR count). The number of H-pyrrole nitrogens is 1. The maximum absolute atomic E-state index is 11.4. The fourth-order valence-electron chi connectivity index (χ4n) is 1.13. The summed E-state index contributed by atoms with van der Waals surface area (Å²) in [5.74, 6) is 0.364. The van der Waals surface area contributed by atoms with Gasteiger partial charge in [0.05, 0.1) is 11.3 Å². The van der Waals surface area contributed by atoms with Crippen molar-refractivity contribution < 1.29 is 0 Å². The molecule has 0 amide bonds. The smallest absolute Gasteiger partial charge is 0.258 e. The van der Waals surface area contributed by atoms with Crippen LogP contribution in [-0.4, -0.2) is 12.0 Å². The van der Waals surface area contributed by atoms with E-state index in [1.165, 1.54) is 0 Å². The Morgan fingerprint density at radius 3 is 2.85 bits per heavy atom. The number of rotatable bonds is 2. The lowest BCUT2D eigenvalue weighted by Crippen LogP contribution is -2.14. The van der Waals surface area contributed by atoms with Crippen LogP contribution in [0.15, 0.2) is 16.9 Å². The molecule has 0 bridgehead atoms. The number of hydrogen-bond acceptors (Lipinski definition) is 3. The third-order valence-electron chi connectivity index (χ3n) is 1.70. The Kier molecular flexibility index (Phi) is 2.74. The van der Waals surface area contributed by atoms with Gasteiger partial charge in [0.15, 0.2) is 0 Å². The van der Waals surface area contributed by atoms with Gasteiger partial charge in [0.25, 0.3) is 5.56 Å². The molecule has 0 fully saturated rings. The first-order valence-electron chi connectivity index (χ1n) is 4.02. The Labute approximate surface area is 76.5 Å². The average Bonchev–Trinajstić information content (AvgIpc) is 2.09. The highest BCUT2D eigenvalue weighted by Crippen LogP contribution is 2.13. The molecule has 1 aromatic rings. The maximum Gasteiger partial charge on any atom is 0.258 e. The van der Waals surface area contributed by atoms with Crippen molar-refractivity contribution >= 4 is 17.6 Å². The molecule has 4 nitrogen and oxygen atoms in total. The lowest BCUT2D eigenvalue weighted by atomic mass is 10.2. The van der Waals surface area contributed by atoms with E-state index in [4.69, 9.17) is 5.73 Å². The van der Waals surface area contributed by atoms with E-state index >= 15 is 0 Å². The van der Waals surface area contributed by atoms with Gasteiger partial charge in [-0.25, -0.2) is 0 Å². The molecule has 1 aromatic heterocycles. The molecule has 4 N–H and O–H groups in total. The summed E-state index contributed by atoms with van der Waals surface area (Å²) in [6, 6.07) is 1.69. The number of nitrogens with one attached hydrogen (secondary N) is 2. The zero-order chi connectivity index (χ0) is 9.84. The second kappa shape index (κ2) is 3.80. The normalized spacial score (nSPS) is 10.6. The lowest BCUT2D eigenvalue weighted by molar-refractivity contribution is 1.23. The van der Waals surface area contributed by atoms with E-state index < -0.39 is 0 Å². The number of aromatic amines is 1. The Balaban J connectivity index is 3.38. The zero-order valence-electron chi connectivity index (χ0n) is 7.72. The van der Waals surface area contributed by atoms with Gasteiger partial charge in [-0.05, 0) is 6.92 Å². The van der Waals surface area contributed by atoms with E-state index in [1.54, 1.807) is 19.2 Å². The minimum atomic E-state index is -0.178. The molecule has 0 unspecified atom stereocenters. The van der Waals surface area contributed by atoms with Crippen molar-refractivity contribution in [3.8, 4) is 0 Å². The Bertz CT molecular complexity index is 379. The number of allylic oxidation sites excluding steroid dienone is 1. The molecule has 0 aliphatic carbocycles. The molecule has 1 heterocycles. The van der Waals surface area contributed by atoms with Crippen LogP contribution in [0.5, 0.6) is 0 Å². The van der Waals surface area contributed by atoms with E-state index in [2.05, 4.69) is 10.3 Å². The van der Waals surface area contributed by atoms with Crippen LogP contribution in [-0.2, 0) is 0 Å². The van der Waals surface area contributed by atoms with Crippen LogP contribution in [0.4, 0.5) is 11.5 Å². The molecule has 0 atom stereocenters. The molecule has 0 spiro atoms. The summed E-state index contributed by atoms with van der Waals surface area (Å²) in [5, 5.41) is 2.91. The van der Waals surface area contributed by atoms with Gasteiger partial charge in [0.1, 0.15) is 5.82 Å². The standard InChI is InChI=1S/C9H13N3O/c1-3-4-6-7(11-2)5-8(10)12-9(6)13/h3-5H,1-2H3,(H4,10,11,12,13)/b4-3-. The number of nitrogen functional groups attached to an aromatic ring is 1. The quantitative estimate of drug-likeness (QED) is 0.635. The molecule has 0 radical (unpaired) electrons. The molecule has 4 heteroatoms. The first kappa shape index (κ1) is 9.38. The van der Waals surface area contributed by atoms with E-state index in [-0.39, 0.29) is 5.56 Å². The molecular formula is C9H13N3O. The number of aromatic nitrogens is 1. The lowest BCUT2D eigenvalue weighted by Gasteiger charge is -2.04. The highest BCUT2D eigenvalue weighted by atomic mass is 16.1. The topological polar surface area (TPSA) is 70.9 Å². The Morgan fingerprint density at radius 2 is 2.31 bits per heavy atom. The predicted octanol–water partition coefficient (Wildman–Crippen LogP) is 1.03. The highest BCUT2D eigenvalue weighted by molar-refractivity contribution is 5.67. The molecule has 0 aliphatic heterocycles.